The molecule has 0 amide bonds. The molecule has 2 aromatic rings. The highest BCUT2D eigenvalue weighted by Gasteiger charge is 2.17. The van der Waals surface area contributed by atoms with Gasteiger partial charge in [0.2, 0.25) is 5.28 Å². The van der Waals surface area contributed by atoms with Crippen LogP contribution in [-0.4, -0.2) is 38.6 Å². The van der Waals surface area contributed by atoms with Gasteiger partial charge in [-0.05, 0) is 16.8 Å². The fraction of sp³-hybridized carbons (Fsp3) is 0.167. The quantitative estimate of drug-likeness (QED) is 0.747. The van der Waals surface area contributed by atoms with Gasteiger partial charge < -0.3 is 0 Å². The molecule has 11 heteroatoms. The van der Waals surface area contributed by atoms with Crippen molar-refractivity contribution in [2.24, 2.45) is 7.05 Å². The maximum Gasteiger partial charge on any atom is 0.277 e. The van der Waals surface area contributed by atoms with Gasteiger partial charge in [0.1, 0.15) is 4.90 Å². The van der Waals surface area contributed by atoms with Gasteiger partial charge in [0.25, 0.3) is 16.0 Å². The number of hydrogen-bond donors (Lipinski definition) is 1. The van der Waals surface area contributed by atoms with Crippen LogP contribution in [0.15, 0.2) is 17.3 Å². The minimum atomic E-state index is -3.83. The van der Waals surface area contributed by atoms with E-state index in [9.17, 15) is 8.42 Å². The van der Waals surface area contributed by atoms with Crippen molar-refractivity contribution in [3.05, 3.63) is 17.7 Å². The van der Waals surface area contributed by atoms with Crippen molar-refractivity contribution in [3.8, 4) is 0 Å². The van der Waals surface area contributed by atoms with Crippen LogP contribution in [0.1, 0.15) is 0 Å². The van der Waals surface area contributed by atoms with Gasteiger partial charge in [-0.3, -0.25) is 0 Å². The van der Waals surface area contributed by atoms with Crippen LogP contribution < -0.4 is 4.72 Å². The van der Waals surface area contributed by atoms with Crippen LogP contribution in [0.2, 0.25) is 5.28 Å². The molecule has 2 rings (SSSR count). The minimum Gasteiger partial charge on any atom is -0.244 e. The molecular formula is C6H6ClN7O2S. The van der Waals surface area contributed by atoms with Crippen molar-refractivity contribution < 1.29 is 8.42 Å². The van der Waals surface area contributed by atoms with Gasteiger partial charge in [-0.25, -0.2) is 23.1 Å². The molecule has 9 nitrogen and oxygen atoms in total. The lowest BCUT2D eigenvalue weighted by atomic mass is 10.7. The highest BCUT2D eigenvalue weighted by Crippen LogP contribution is 2.11. The Morgan fingerprint density at radius 2 is 2.00 bits per heavy atom. The second kappa shape index (κ2) is 4.22. The van der Waals surface area contributed by atoms with E-state index in [-0.39, 0.29) is 16.1 Å². The lowest BCUT2D eigenvalue weighted by Crippen LogP contribution is -2.14. The average molecular weight is 276 g/mol. The van der Waals surface area contributed by atoms with E-state index in [2.05, 4.69) is 30.1 Å². The summed E-state index contributed by atoms with van der Waals surface area (Å²) in [6, 6.07) is 0. The third-order valence-corrected chi connectivity index (χ3v) is 3.12. The minimum absolute atomic E-state index is 0.0402. The van der Waals surface area contributed by atoms with E-state index in [4.69, 9.17) is 11.6 Å². The second-order valence-electron chi connectivity index (χ2n) is 2.90. The van der Waals surface area contributed by atoms with Crippen LogP contribution in [0.4, 0.5) is 5.95 Å². The van der Waals surface area contributed by atoms with Crippen LogP contribution >= 0.6 is 11.6 Å². The molecular weight excluding hydrogens is 270 g/mol. The Morgan fingerprint density at radius 3 is 2.53 bits per heavy atom. The smallest absolute Gasteiger partial charge is 0.244 e. The molecule has 0 atom stereocenters. The zero-order chi connectivity index (χ0) is 12.5. The van der Waals surface area contributed by atoms with Gasteiger partial charge >= 0.3 is 0 Å². The molecule has 0 bridgehead atoms. The summed E-state index contributed by atoms with van der Waals surface area (Å²) in [7, 11) is -2.32. The molecule has 0 radical (unpaired) electrons. The predicted molar refractivity (Wildman–Crippen MR) is 56.6 cm³/mol. The summed E-state index contributed by atoms with van der Waals surface area (Å²) < 4.78 is 25.7. The number of hydrogen-bond acceptors (Lipinski definition) is 7. The summed E-state index contributed by atoms with van der Waals surface area (Å²) in [5.74, 6) is -0.137. The molecule has 0 saturated carbocycles. The molecule has 0 unspecified atom stereocenters. The van der Waals surface area contributed by atoms with Crippen molar-refractivity contribution in [1.29, 1.82) is 0 Å². The largest absolute Gasteiger partial charge is 0.277 e. The fourth-order valence-corrected chi connectivity index (χ4v) is 1.86. The Bertz CT molecular complexity index is 622. The highest BCUT2D eigenvalue weighted by atomic mass is 35.5. The molecule has 0 spiro atoms. The van der Waals surface area contributed by atoms with Gasteiger partial charge in [0.05, 0.1) is 19.4 Å². The van der Waals surface area contributed by atoms with E-state index < -0.39 is 10.0 Å². The van der Waals surface area contributed by atoms with Gasteiger partial charge in [-0.15, -0.1) is 5.10 Å². The Morgan fingerprint density at radius 1 is 1.35 bits per heavy atom. The summed E-state index contributed by atoms with van der Waals surface area (Å²) >= 11 is 5.45. The first kappa shape index (κ1) is 11.7. The van der Waals surface area contributed by atoms with Crippen LogP contribution in [0, 0.1) is 0 Å². The number of halogens is 1. The first-order valence-corrected chi connectivity index (χ1v) is 6.08. The third kappa shape index (κ3) is 2.65. The Labute approximate surface area is 101 Å². The molecule has 2 aromatic heterocycles. The fourth-order valence-electron chi connectivity index (χ4n) is 0.943. The van der Waals surface area contributed by atoms with Gasteiger partial charge in [0.15, 0.2) is 0 Å². The van der Waals surface area contributed by atoms with E-state index in [1.54, 1.807) is 0 Å². The monoisotopic (exact) mass is 275 g/mol. The summed E-state index contributed by atoms with van der Waals surface area (Å²) in [6.45, 7) is 0. The number of aromatic nitrogens is 6. The maximum atomic E-state index is 11.8. The molecule has 17 heavy (non-hydrogen) atoms. The molecule has 0 aromatic carbocycles. The van der Waals surface area contributed by atoms with E-state index in [1.165, 1.54) is 7.05 Å². The predicted octanol–water partition coefficient (Wildman–Crippen LogP) is -0.546. The van der Waals surface area contributed by atoms with Crippen molar-refractivity contribution in [2.45, 2.75) is 4.90 Å². The number of rotatable bonds is 3. The molecule has 0 saturated heterocycles. The number of nitrogens with one attached hydrogen (secondary N) is 1. The summed E-state index contributed by atoms with van der Waals surface area (Å²) in [5.41, 5.74) is 0. The molecule has 90 valence electrons. The van der Waals surface area contributed by atoms with E-state index >= 15 is 0 Å². The van der Waals surface area contributed by atoms with E-state index in [0.717, 1.165) is 17.2 Å². The topological polar surface area (TPSA) is 116 Å². The number of tetrazole rings is 1. The van der Waals surface area contributed by atoms with Crippen molar-refractivity contribution in [2.75, 3.05) is 4.72 Å². The maximum absolute atomic E-state index is 11.8. The molecule has 0 aliphatic carbocycles. The first-order valence-electron chi connectivity index (χ1n) is 4.22. The number of anilines is 1. The van der Waals surface area contributed by atoms with Gasteiger partial charge in [-0.2, -0.15) is 4.80 Å². The van der Waals surface area contributed by atoms with Crippen molar-refractivity contribution in [1.82, 2.24) is 30.2 Å². The first-order chi connectivity index (χ1) is 7.97. The molecule has 0 aliphatic heterocycles. The normalized spacial score (nSPS) is 11.4. The molecule has 0 aliphatic rings. The molecule has 1 N–H and O–H groups in total. The van der Waals surface area contributed by atoms with Crippen molar-refractivity contribution >= 4 is 27.6 Å². The van der Waals surface area contributed by atoms with E-state index in [1.807, 2.05) is 0 Å². The van der Waals surface area contributed by atoms with Gasteiger partial charge in [0, 0.05) is 0 Å². The number of nitrogens with zero attached hydrogens (tertiary/aromatic N) is 6. The lowest BCUT2D eigenvalue weighted by molar-refractivity contribution is 0.599. The summed E-state index contributed by atoms with van der Waals surface area (Å²) in [4.78, 5) is 8.11. The van der Waals surface area contributed by atoms with Gasteiger partial charge in [-0.1, -0.05) is 5.10 Å². The SMILES string of the molecule is Cn1nnc(NS(=O)(=O)c2cnc(Cl)nc2)n1. The summed E-state index contributed by atoms with van der Waals surface area (Å²) in [6.07, 6.45) is 2.15. The Kier molecular flexibility index (Phi) is 2.90. The van der Waals surface area contributed by atoms with Crippen LogP contribution in [0.25, 0.3) is 0 Å². The van der Waals surface area contributed by atoms with Crippen LogP contribution in [0.3, 0.4) is 0 Å². The molecule has 0 fully saturated rings. The summed E-state index contributed by atoms with van der Waals surface area (Å²) in [5, 5.41) is 10.6. The lowest BCUT2D eigenvalue weighted by Gasteiger charge is -2.02. The second-order valence-corrected chi connectivity index (χ2v) is 4.92. The Hall–Kier alpha value is -1.81. The standard InChI is InChI=1S/C6H6ClN7O2S/c1-14-11-6(10-13-14)12-17(15,16)4-2-8-5(7)9-3-4/h2-3H,1H3,(H,11,12). The zero-order valence-electron chi connectivity index (χ0n) is 8.44. The third-order valence-electron chi connectivity index (χ3n) is 1.64. The van der Waals surface area contributed by atoms with Crippen LogP contribution in [-0.2, 0) is 17.1 Å². The van der Waals surface area contributed by atoms with E-state index in [0.29, 0.717) is 0 Å². The highest BCUT2D eigenvalue weighted by molar-refractivity contribution is 7.92. The van der Waals surface area contributed by atoms with Crippen LogP contribution in [0.5, 0.6) is 0 Å². The average Bonchev–Trinajstić information content (AvgIpc) is 2.63. The number of aryl methyl sites for hydroxylation is 1. The molecule has 2 heterocycles. The zero-order valence-corrected chi connectivity index (χ0v) is 10.0. The Balaban J connectivity index is 2.28. The number of sulfonamides is 1. The van der Waals surface area contributed by atoms with Crippen molar-refractivity contribution in [3.63, 3.8) is 0 Å².